The number of benzene rings is 3. The maximum absolute atomic E-state index is 12.5. The summed E-state index contributed by atoms with van der Waals surface area (Å²) in [5.74, 6) is 0.457. The van der Waals surface area contributed by atoms with Gasteiger partial charge in [0.25, 0.3) is 5.91 Å². The van der Waals surface area contributed by atoms with Gasteiger partial charge in [-0.1, -0.05) is 37.3 Å². The summed E-state index contributed by atoms with van der Waals surface area (Å²) in [5, 5.41) is 14.5. The second-order valence-corrected chi connectivity index (χ2v) is 7.99. The van der Waals surface area contributed by atoms with E-state index in [-0.39, 0.29) is 5.91 Å². The Morgan fingerprint density at radius 3 is 2.68 bits per heavy atom. The minimum Gasteiger partial charge on any atom is -0.494 e. The molecular formula is C28H26N4O2. The smallest absolute Gasteiger partial charge is 0.271 e. The number of hydrogen-bond donors (Lipinski definition) is 1. The number of carbonyl (C=O) groups is 1. The first-order valence-corrected chi connectivity index (χ1v) is 11.2. The highest BCUT2D eigenvalue weighted by Gasteiger charge is 2.13. The molecule has 6 heteroatoms. The molecule has 4 rings (SSSR count). The number of nitrogens with zero attached hydrogens (tertiary/aromatic N) is 3. The van der Waals surface area contributed by atoms with Crippen molar-refractivity contribution in [2.24, 2.45) is 5.10 Å². The van der Waals surface area contributed by atoms with Crippen LogP contribution in [0.1, 0.15) is 46.1 Å². The Labute approximate surface area is 199 Å². The highest BCUT2D eigenvalue weighted by atomic mass is 16.5. The Bertz CT molecular complexity index is 1380. The SMILES string of the molecule is CCCOc1ccc(C(=O)N/N=C\c2c(C)n(Cc3cccc(C#N)c3)c3ccccc23)cc1. The first-order chi connectivity index (χ1) is 16.6. The quantitative estimate of drug-likeness (QED) is 0.287. The normalized spacial score (nSPS) is 11.0. The minimum atomic E-state index is -0.284. The van der Waals surface area contributed by atoms with Crippen molar-refractivity contribution < 1.29 is 9.53 Å². The predicted molar refractivity (Wildman–Crippen MR) is 134 cm³/mol. The molecule has 34 heavy (non-hydrogen) atoms. The fourth-order valence-electron chi connectivity index (χ4n) is 3.89. The molecule has 170 valence electrons. The molecule has 1 heterocycles. The number of nitrogens with one attached hydrogen (secondary N) is 1. The molecule has 6 nitrogen and oxygen atoms in total. The molecule has 1 amide bonds. The van der Waals surface area contributed by atoms with Crippen molar-refractivity contribution in [1.82, 2.24) is 9.99 Å². The summed E-state index contributed by atoms with van der Waals surface area (Å²) in [5.41, 5.74) is 7.85. The number of amides is 1. The van der Waals surface area contributed by atoms with Crippen LogP contribution in [0, 0.1) is 18.3 Å². The van der Waals surface area contributed by atoms with Gasteiger partial charge in [0.05, 0.1) is 24.5 Å². The van der Waals surface area contributed by atoms with E-state index in [1.807, 2.05) is 50.2 Å². The Hall–Kier alpha value is -4.37. The summed E-state index contributed by atoms with van der Waals surface area (Å²) in [4.78, 5) is 12.5. The van der Waals surface area contributed by atoms with Crippen molar-refractivity contribution in [2.45, 2.75) is 26.8 Å². The van der Waals surface area contributed by atoms with E-state index in [0.29, 0.717) is 24.3 Å². The van der Waals surface area contributed by atoms with Crippen molar-refractivity contribution in [2.75, 3.05) is 6.61 Å². The van der Waals surface area contributed by atoms with Crippen molar-refractivity contribution in [1.29, 1.82) is 5.26 Å². The largest absolute Gasteiger partial charge is 0.494 e. The second-order valence-electron chi connectivity index (χ2n) is 7.99. The van der Waals surface area contributed by atoms with Crippen LogP contribution in [-0.2, 0) is 6.54 Å². The highest BCUT2D eigenvalue weighted by Crippen LogP contribution is 2.26. The molecule has 1 aromatic heterocycles. The zero-order valence-electron chi connectivity index (χ0n) is 19.3. The predicted octanol–water partition coefficient (Wildman–Crippen LogP) is 5.42. The number of hydrogen-bond acceptors (Lipinski definition) is 4. The number of rotatable bonds is 8. The van der Waals surface area contributed by atoms with Gasteiger partial charge in [-0.25, -0.2) is 5.43 Å². The van der Waals surface area contributed by atoms with E-state index < -0.39 is 0 Å². The Kier molecular flexibility index (Phi) is 7.04. The average Bonchev–Trinajstić information content (AvgIpc) is 3.14. The van der Waals surface area contributed by atoms with Gasteiger partial charge >= 0.3 is 0 Å². The summed E-state index contributed by atoms with van der Waals surface area (Å²) in [6.07, 6.45) is 2.62. The van der Waals surface area contributed by atoms with Crippen molar-refractivity contribution in [3.05, 3.63) is 101 Å². The van der Waals surface area contributed by atoms with Gasteiger partial charge < -0.3 is 9.30 Å². The maximum Gasteiger partial charge on any atom is 0.271 e. The second kappa shape index (κ2) is 10.5. The molecule has 0 spiro atoms. The average molecular weight is 451 g/mol. The van der Waals surface area contributed by atoms with Crippen molar-refractivity contribution in [3.8, 4) is 11.8 Å². The van der Waals surface area contributed by atoms with Gasteiger partial charge in [0.1, 0.15) is 5.75 Å². The number of carbonyl (C=O) groups excluding carboxylic acids is 1. The molecular weight excluding hydrogens is 424 g/mol. The molecule has 0 bridgehead atoms. The van der Waals surface area contributed by atoms with E-state index >= 15 is 0 Å². The molecule has 0 fully saturated rings. The number of fused-ring (bicyclic) bond motifs is 1. The van der Waals surface area contributed by atoms with Crippen LogP contribution in [-0.4, -0.2) is 23.3 Å². The minimum absolute atomic E-state index is 0.284. The molecule has 0 saturated heterocycles. The number of para-hydroxylation sites is 1. The molecule has 0 unspecified atom stereocenters. The summed E-state index contributed by atoms with van der Waals surface area (Å²) in [7, 11) is 0. The van der Waals surface area contributed by atoms with Gasteiger partial charge in [-0.2, -0.15) is 10.4 Å². The van der Waals surface area contributed by atoms with Gasteiger partial charge in [-0.3, -0.25) is 4.79 Å². The van der Waals surface area contributed by atoms with E-state index in [1.165, 1.54) is 0 Å². The highest BCUT2D eigenvalue weighted by molar-refractivity contribution is 6.02. The van der Waals surface area contributed by atoms with E-state index in [0.717, 1.165) is 39.9 Å². The van der Waals surface area contributed by atoms with Crippen molar-refractivity contribution >= 4 is 23.0 Å². The number of hydrazone groups is 1. The summed E-state index contributed by atoms with van der Waals surface area (Å²) in [6, 6.07) is 24.9. The molecule has 0 saturated carbocycles. The maximum atomic E-state index is 12.5. The van der Waals surface area contributed by atoms with Crippen LogP contribution in [0.2, 0.25) is 0 Å². The zero-order valence-corrected chi connectivity index (χ0v) is 19.3. The summed E-state index contributed by atoms with van der Waals surface area (Å²) < 4.78 is 7.76. The van der Waals surface area contributed by atoms with Gasteiger partial charge in [0, 0.05) is 34.3 Å². The first kappa shape index (κ1) is 22.8. The van der Waals surface area contributed by atoms with Crippen LogP contribution in [0.15, 0.2) is 77.9 Å². The van der Waals surface area contributed by atoms with E-state index in [9.17, 15) is 10.1 Å². The number of nitriles is 1. The first-order valence-electron chi connectivity index (χ1n) is 11.2. The van der Waals surface area contributed by atoms with Crippen LogP contribution in [0.5, 0.6) is 5.75 Å². The van der Waals surface area contributed by atoms with E-state index in [2.05, 4.69) is 27.2 Å². The Balaban J connectivity index is 1.54. The third-order valence-electron chi connectivity index (χ3n) is 5.63. The van der Waals surface area contributed by atoms with Crippen LogP contribution < -0.4 is 10.2 Å². The van der Waals surface area contributed by atoms with E-state index in [1.54, 1.807) is 36.5 Å². The van der Waals surface area contributed by atoms with Gasteiger partial charge in [0.15, 0.2) is 0 Å². The van der Waals surface area contributed by atoms with E-state index in [4.69, 9.17) is 4.74 Å². The van der Waals surface area contributed by atoms with Crippen molar-refractivity contribution in [3.63, 3.8) is 0 Å². The lowest BCUT2D eigenvalue weighted by Gasteiger charge is -2.09. The molecule has 0 aliphatic carbocycles. The third kappa shape index (κ3) is 5.00. The fraction of sp³-hybridized carbons (Fsp3) is 0.179. The summed E-state index contributed by atoms with van der Waals surface area (Å²) >= 11 is 0. The zero-order chi connectivity index (χ0) is 23.9. The molecule has 1 N–H and O–H groups in total. The molecule has 0 aliphatic rings. The topological polar surface area (TPSA) is 79.4 Å². The lowest BCUT2D eigenvalue weighted by atomic mass is 10.1. The third-order valence-corrected chi connectivity index (χ3v) is 5.63. The van der Waals surface area contributed by atoms with Crippen LogP contribution >= 0.6 is 0 Å². The Morgan fingerprint density at radius 2 is 1.91 bits per heavy atom. The molecule has 0 aliphatic heterocycles. The number of ether oxygens (including phenoxy) is 1. The lowest BCUT2D eigenvalue weighted by molar-refractivity contribution is 0.0955. The Morgan fingerprint density at radius 1 is 1.12 bits per heavy atom. The molecule has 0 atom stereocenters. The monoisotopic (exact) mass is 450 g/mol. The lowest BCUT2D eigenvalue weighted by Crippen LogP contribution is -2.17. The number of aromatic nitrogens is 1. The molecule has 0 radical (unpaired) electrons. The van der Waals surface area contributed by atoms with Crippen LogP contribution in [0.25, 0.3) is 10.9 Å². The molecule has 3 aromatic carbocycles. The molecule has 4 aromatic rings. The van der Waals surface area contributed by atoms with Gasteiger partial charge in [-0.15, -0.1) is 0 Å². The van der Waals surface area contributed by atoms with Gasteiger partial charge in [0.2, 0.25) is 0 Å². The fourth-order valence-corrected chi connectivity index (χ4v) is 3.89. The summed E-state index contributed by atoms with van der Waals surface area (Å²) in [6.45, 7) is 5.36. The van der Waals surface area contributed by atoms with Gasteiger partial charge in [-0.05, 0) is 61.4 Å². The van der Waals surface area contributed by atoms with Crippen LogP contribution in [0.4, 0.5) is 0 Å². The van der Waals surface area contributed by atoms with Crippen LogP contribution in [0.3, 0.4) is 0 Å². The standard InChI is InChI=1S/C28H26N4O2/c1-3-15-34-24-13-11-23(12-14-24)28(33)31-30-18-26-20(2)32(27-10-5-4-9-25(26)27)19-22-8-6-7-21(16-22)17-29/h4-14,16,18H,3,15,19H2,1-2H3,(H,31,33)/b30-18-.